The Labute approximate surface area is 129 Å². The molecular formula is C15H18N6O. The lowest BCUT2D eigenvalue weighted by Gasteiger charge is -2.21. The summed E-state index contributed by atoms with van der Waals surface area (Å²) in [6.07, 6.45) is 0. The van der Waals surface area contributed by atoms with Crippen molar-refractivity contribution in [1.29, 1.82) is 5.26 Å². The Hall–Kier alpha value is -2.75. The third-order valence-electron chi connectivity index (χ3n) is 3.21. The molecule has 7 heteroatoms. The minimum absolute atomic E-state index is 0.0197. The van der Waals surface area contributed by atoms with Crippen LogP contribution in [0, 0.1) is 17.2 Å². The number of tetrazole rings is 1. The highest BCUT2D eigenvalue weighted by Gasteiger charge is 2.17. The maximum absolute atomic E-state index is 12.2. The highest BCUT2D eigenvalue weighted by molar-refractivity contribution is 5.75. The molecule has 114 valence electrons. The van der Waals surface area contributed by atoms with Gasteiger partial charge in [0.2, 0.25) is 11.7 Å². The standard InChI is InChI=1S/C15H18N6O/c1-3-20(10-12(2)9-16)14(22)11-21-18-15(17-19-21)13-7-5-4-6-8-13/h4-8,12H,3,10-11H2,1-2H3. The molecule has 0 saturated carbocycles. The molecule has 2 rings (SSSR count). The van der Waals surface area contributed by atoms with E-state index in [-0.39, 0.29) is 18.4 Å². The maximum atomic E-state index is 12.2. The molecule has 0 saturated heterocycles. The van der Waals surface area contributed by atoms with Crippen molar-refractivity contribution in [2.75, 3.05) is 13.1 Å². The Morgan fingerprint density at radius 2 is 2.14 bits per heavy atom. The van der Waals surface area contributed by atoms with Crippen LogP contribution in [0.4, 0.5) is 0 Å². The van der Waals surface area contributed by atoms with Crippen LogP contribution in [0.15, 0.2) is 30.3 Å². The molecule has 0 spiro atoms. The maximum Gasteiger partial charge on any atom is 0.246 e. The Bertz CT molecular complexity index is 660. The molecule has 2 aromatic rings. The van der Waals surface area contributed by atoms with Crippen molar-refractivity contribution in [3.63, 3.8) is 0 Å². The molecule has 0 aliphatic rings. The average molecular weight is 298 g/mol. The molecule has 0 N–H and O–H groups in total. The number of rotatable bonds is 6. The van der Waals surface area contributed by atoms with Crippen molar-refractivity contribution in [3.05, 3.63) is 30.3 Å². The summed E-state index contributed by atoms with van der Waals surface area (Å²) in [6, 6.07) is 11.6. The van der Waals surface area contributed by atoms with E-state index in [1.165, 1.54) is 4.80 Å². The first-order chi connectivity index (χ1) is 10.6. The van der Waals surface area contributed by atoms with Gasteiger partial charge in [-0.1, -0.05) is 30.3 Å². The van der Waals surface area contributed by atoms with Crippen LogP contribution < -0.4 is 0 Å². The van der Waals surface area contributed by atoms with Crippen molar-refractivity contribution in [2.45, 2.75) is 20.4 Å². The summed E-state index contributed by atoms with van der Waals surface area (Å²) < 4.78 is 0. The third kappa shape index (κ3) is 3.88. The molecule has 1 aromatic heterocycles. The second-order valence-corrected chi connectivity index (χ2v) is 4.97. The van der Waals surface area contributed by atoms with Crippen LogP contribution in [0.25, 0.3) is 11.4 Å². The molecule has 1 amide bonds. The number of benzene rings is 1. The van der Waals surface area contributed by atoms with Crippen LogP contribution in [-0.4, -0.2) is 44.1 Å². The van der Waals surface area contributed by atoms with Gasteiger partial charge in [-0.25, -0.2) is 0 Å². The number of hydrogen-bond acceptors (Lipinski definition) is 5. The summed E-state index contributed by atoms with van der Waals surface area (Å²) in [6.45, 7) is 4.65. The lowest BCUT2D eigenvalue weighted by Crippen LogP contribution is -2.37. The molecule has 0 fully saturated rings. The van der Waals surface area contributed by atoms with Gasteiger partial charge in [0, 0.05) is 18.7 Å². The van der Waals surface area contributed by atoms with Crippen LogP contribution in [-0.2, 0) is 11.3 Å². The first-order valence-electron chi connectivity index (χ1n) is 7.14. The molecule has 0 bridgehead atoms. The van der Waals surface area contributed by atoms with E-state index < -0.39 is 0 Å². The predicted molar refractivity (Wildman–Crippen MR) is 80.3 cm³/mol. The van der Waals surface area contributed by atoms with Crippen molar-refractivity contribution in [3.8, 4) is 17.5 Å². The van der Waals surface area contributed by atoms with E-state index in [0.29, 0.717) is 18.9 Å². The average Bonchev–Trinajstić information content (AvgIpc) is 3.01. The summed E-state index contributed by atoms with van der Waals surface area (Å²) in [4.78, 5) is 15.1. The lowest BCUT2D eigenvalue weighted by atomic mass is 10.2. The number of nitrogens with zero attached hydrogens (tertiary/aromatic N) is 6. The number of nitriles is 1. The summed E-state index contributed by atoms with van der Waals surface area (Å²) in [5, 5.41) is 20.9. The van der Waals surface area contributed by atoms with Crippen LogP contribution >= 0.6 is 0 Å². The zero-order chi connectivity index (χ0) is 15.9. The molecule has 1 heterocycles. The van der Waals surface area contributed by atoms with Crippen LogP contribution in [0.1, 0.15) is 13.8 Å². The van der Waals surface area contributed by atoms with E-state index in [1.54, 1.807) is 11.8 Å². The number of amides is 1. The molecule has 22 heavy (non-hydrogen) atoms. The number of likely N-dealkylation sites (N-methyl/N-ethyl adjacent to an activating group) is 1. The van der Waals surface area contributed by atoms with E-state index in [4.69, 9.17) is 5.26 Å². The number of aromatic nitrogens is 4. The first-order valence-corrected chi connectivity index (χ1v) is 7.14. The van der Waals surface area contributed by atoms with E-state index >= 15 is 0 Å². The largest absolute Gasteiger partial charge is 0.340 e. The fourth-order valence-corrected chi connectivity index (χ4v) is 2.01. The Balaban J connectivity index is 2.03. The van der Waals surface area contributed by atoms with Crippen LogP contribution in [0.2, 0.25) is 0 Å². The smallest absolute Gasteiger partial charge is 0.246 e. The van der Waals surface area contributed by atoms with Crippen molar-refractivity contribution < 1.29 is 4.79 Å². The Kier molecular flexibility index (Phi) is 5.20. The zero-order valence-electron chi connectivity index (χ0n) is 12.7. The van der Waals surface area contributed by atoms with Gasteiger partial charge in [0.25, 0.3) is 0 Å². The Morgan fingerprint density at radius 1 is 1.41 bits per heavy atom. The number of carbonyl (C=O) groups is 1. The van der Waals surface area contributed by atoms with Crippen LogP contribution in [0.5, 0.6) is 0 Å². The van der Waals surface area contributed by atoms with Crippen LogP contribution in [0.3, 0.4) is 0 Å². The van der Waals surface area contributed by atoms with E-state index in [9.17, 15) is 4.79 Å². The van der Waals surface area contributed by atoms with Gasteiger partial charge in [0.1, 0.15) is 6.54 Å². The monoisotopic (exact) mass is 298 g/mol. The molecule has 7 nitrogen and oxygen atoms in total. The van der Waals surface area contributed by atoms with E-state index in [2.05, 4.69) is 21.5 Å². The van der Waals surface area contributed by atoms with E-state index in [0.717, 1.165) is 5.56 Å². The summed E-state index contributed by atoms with van der Waals surface area (Å²) in [5.41, 5.74) is 0.853. The second kappa shape index (κ2) is 7.31. The molecule has 1 aromatic carbocycles. The van der Waals surface area contributed by atoms with E-state index in [1.807, 2.05) is 37.3 Å². The van der Waals surface area contributed by atoms with Gasteiger partial charge in [0.05, 0.1) is 12.0 Å². The molecule has 0 radical (unpaired) electrons. The molecule has 1 unspecified atom stereocenters. The first kappa shape index (κ1) is 15.6. The normalized spacial score (nSPS) is 11.7. The number of carbonyl (C=O) groups excluding carboxylic acids is 1. The summed E-state index contributed by atoms with van der Waals surface area (Å²) >= 11 is 0. The minimum atomic E-state index is -0.201. The van der Waals surface area contributed by atoms with Gasteiger partial charge in [0.15, 0.2) is 0 Å². The Morgan fingerprint density at radius 3 is 2.77 bits per heavy atom. The second-order valence-electron chi connectivity index (χ2n) is 4.97. The summed E-state index contributed by atoms with van der Waals surface area (Å²) in [7, 11) is 0. The molecular weight excluding hydrogens is 280 g/mol. The van der Waals surface area contributed by atoms with Gasteiger partial charge in [-0.3, -0.25) is 4.79 Å². The predicted octanol–water partition coefficient (Wildman–Crippen LogP) is 1.35. The number of hydrogen-bond donors (Lipinski definition) is 0. The van der Waals surface area contributed by atoms with Gasteiger partial charge in [-0.2, -0.15) is 10.1 Å². The lowest BCUT2D eigenvalue weighted by molar-refractivity contribution is -0.132. The van der Waals surface area contributed by atoms with Gasteiger partial charge < -0.3 is 4.90 Å². The molecule has 1 atom stereocenters. The fourth-order valence-electron chi connectivity index (χ4n) is 2.01. The molecule has 0 aliphatic carbocycles. The third-order valence-corrected chi connectivity index (χ3v) is 3.21. The highest BCUT2D eigenvalue weighted by atomic mass is 16.2. The fraction of sp³-hybridized carbons (Fsp3) is 0.400. The van der Waals surface area contributed by atoms with Gasteiger partial charge >= 0.3 is 0 Å². The van der Waals surface area contributed by atoms with Crippen molar-refractivity contribution in [2.24, 2.45) is 5.92 Å². The summed E-state index contributed by atoms with van der Waals surface area (Å²) in [5.74, 6) is 0.163. The van der Waals surface area contributed by atoms with Gasteiger partial charge in [-0.15, -0.1) is 10.2 Å². The van der Waals surface area contributed by atoms with Crippen molar-refractivity contribution >= 4 is 5.91 Å². The quantitative estimate of drug-likeness (QED) is 0.803. The topological polar surface area (TPSA) is 87.7 Å². The molecule has 0 aliphatic heterocycles. The van der Waals surface area contributed by atoms with Crippen molar-refractivity contribution in [1.82, 2.24) is 25.1 Å². The van der Waals surface area contributed by atoms with Gasteiger partial charge in [-0.05, 0) is 19.1 Å². The zero-order valence-corrected chi connectivity index (χ0v) is 12.7. The highest BCUT2D eigenvalue weighted by Crippen LogP contribution is 2.11. The minimum Gasteiger partial charge on any atom is -0.340 e. The SMILES string of the molecule is CCN(CC(C)C#N)C(=O)Cn1nnc(-c2ccccc2)n1.